The van der Waals surface area contributed by atoms with Gasteiger partial charge in [-0.15, -0.1) is 0 Å². The Morgan fingerprint density at radius 2 is 2.07 bits per heavy atom. The zero-order valence-electron chi connectivity index (χ0n) is 8.79. The maximum absolute atomic E-state index is 5.29. The summed E-state index contributed by atoms with van der Waals surface area (Å²) in [4.78, 5) is 0. The molecule has 2 nitrogen and oxygen atoms in total. The summed E-state index contributed by atoms with van der Waals surface area (Å²) in [6, 6.07) is 8.73. The first-order valence-electron chi connectivity index (χ1n) is 5.21. The molecule has 0 amide bonds. The van der Waals surface area contributed by atoms with Crippen LogP contribution in [0.25, 0.3) is 0 Å². The fourth-order valence-electron chi connectivity index (χ4n) is 1.84. The third-order valence-corrected chi connectivity index (χ3v) is 3.07. The average molecular weight is 191 g/mol. The highest BCUT2D eigenvalue weighted by Crippen LogP contribution is 2.32. The molecule has 1 aliphatic carbocycles. The summed E-state index contributed by atoms with van der Waals surface area (Å²) in [5, 5.41) is 3.52. The molecule has 2 unspecified atom stereocenters. The molecule has 1 aromatic rings. The molecule has 0 heterocycles. The minimum Gasteiger partial charge on any atom is -0.495 e. The predicted octanol–water partition coefficient (Wildman–Crippen LogP) is 2.91. The van der Waals surface area contributed by atoms with Crippen molar-refractivity contribution in [2.24, 2.45) is 5.92 Å². The largest absolute Gasteiger partial charge is 0.495 e. The standard InChI is InChI=1S/C12H17NO/c1-9-7-8-10(9)13-11-5-3-4-6-12(11)14-2/h3-6,9-10,13H,7-8H2,1-2H3. The number of nitrogens with one attached hydrogen (secondary N) is 1. The summed E-state index contributed by atoms with van der Waals surface area (Å²) < 4.78 is 5.29. The minimum atomic E-state index is 0.631. The molecule has 0 aliphatic heterocycles. The van der Waals surface area contributed by atoms with E-state index in [0.717, 1.165) is 17.4 Å². The quantitative estimate of drug-likeness (QED) is 0.793. The molecular formula is C12H17NO. The summed E-state index contributed by atoms with van der Waals surface area (Å²) >= 11 is 0. The van der Waals surface area contributed by atoms with Gasteiger partial charge in [0, 0.05) is 6.04 Å². The van der Waals surface area contributed by atoms with E-state index in [-0.39, 0.29) is 0 Å². The Kier molecular flexibility index (Phi) is 2.62. The van der Waals surface area contributed by atoms with Crippen molar-refractivity contribution in [1.82, 2.24) is 0 Å². The Balaban J connectivity index is 2.07. The third kappa shape index (κ3) is 1.69. The topological polar surface area (TPSA) is 21.3 Å². The number of hydrogen-bond acceptors (Lipinski definition) is 2. The molecule has 0 bridgehead atoms. The van der Waals surface area contributed by atoms with Crippen LogP contribution < -0.4 is 10.1 Å². The second kappa shape index (κ2) is 3.91. The van der Waals surface area contributed by atoms with E-state index >= 15 is 0 Å². The zero-order chi connectivity index (χ0) is 9.97. The zero-order valence-corrected chi connectivity index (χ0v) is 8.79. The van der Waals surface area contributed by atoms with Crippen LogP contribution >= 0.6 is 0 Å². The highest BCUT2D eigenvalue weighted by molar-refractivity contribution is 5.57. The minimum absolute atomic E-state index is 0.631. The first-order chi connectivity index (χ1) is 6.81. The molecule has 1 aromatic carbocycles. The molecule has 1 N–H and O–H groups in total. The fraction of sp³-hybridized carbons (Fsp3) is 0.500. The molecule has 0 radical (unpaired) electrons. The van der Waals surface area contributed by atoms with Gasteiger partial charge >= 0.3 is 0 Å². The van der Waals surface area contributed by atoms with Gasteiger partial charge in [0.1, 0.15) is 5.75 Å². The molecule has 1 fully saturated rings. The SMILES string of the molecule is COc1ccccc1NC1CCC1C. The van der Waals surface area contributed by atoms with Gasteiger partial charge in [0.05, 0.1) is 12.8 Å². The lowest BCUT2D eigenvalue weighted by atomic mass is 9.81. The molecule has 2 rings (SSSR count). The molecular weight excluding hydrogens is 174 g/mol. The van der Waals surface area contributed by atoms with E-state index in [2.05, 4.69) is 18.3 Å². The van der Waals surface area contributed by atoms with Gasteiger partial charge in [-0.1, -0.05) is 19.1 Å². The van der Waals surface area contributed by atoms with Crippen molar-refractivity contribution < 1.29 is 4.74 Å². The van der Waals surface area contributed by atoms with Gasteiger partial charge in [0.2, 0.25) is 0 Å². The van der Waals surface area contributed by atoms with Crippen molar-refractivity contribution in [3.05, 3.63) is 24.3 Å². The molecule has 2 heteroatoms. The Hall–Kier alpha value is -1.18. The molecule has 2 atom stereocenters. The molecule has 14 heavy (non-hydrogen) atoms. The summed E-state index contributed by atoms with van der Waals surface area (Å²) in [5.74, 6) is 1.73. The van der Waals surface area contributed by atoms with E-state index in [1.807, 2.05) is 18.2 Å². The van der Waals surface area contributed by atoms with Crippen LogP contribution in [0.5, 0.6) is 5.75 Å². The van der Waals surface area contributed by atoms with Crippen molar-refractivity contribution in [3.63, 3.8) is 0 Å². The van der Waals surface area contributed by atoms with E-state index in [9.17, 15) is 0 Å². The van der Waals surface area contributed by atoms with Crippen molar-refractivity contribution in [1.29, 1.82) is 0 Å². The van der Waals surface area contributed by atoms with Crippen LogP contribution in [0.4, 0.5) is 5.69 Å². The van der Waals surface area contributed by atoms with E-state index in [0.29, 0.717) is 6.04 Å². The van der Waals surface area contributed by atoms with Gasteiger partial charge in [0.25, 0.3) is 0 Å². The molecule has 76 valence electrons. The Morgan fingerprint density at radius 1 is 1.29 bits per heavy atom. The lowest BCUT2D eigenvalue weighted by molar-refractivity contribution is 0.302. The maximum Gasteiger partial charge on any atom is 0.141 e. The van der Waals surface area contributed by atoms with Crippen LogP contribution in [0, 0.1) is 5.92 Å². The van der Waals surface area contributed by atoms with E-state index < -0.39 is 0 Å². The van der Waals surface area contributed by atoms with Gasteiger partial charge in [0.15, 0.2) is 0 Å². The molecule has 0 saturated heterocycles. The molecule has 1 aliphatic rings. The highest BCUT2D eigenvalue weighted by Gasteiger charge is 2.26. The van der Waals surface area contributed by atoms with Crippen molar-refractivity contribution in [3.8, 4) is 5.75 Å². The van der Waals surface area contributed by atoms with Crippen molar-refractivity contribution in [2.45, 2.75) is 25.8 Å². The number of ether oxygens (including phenoxy) is 1. The van der Waals surface area contributed by atoms with Crippen LogP contribution in [0.15, 0.2) is 24.3 Å². The lowest BCUT2D eigenvalue weighted by Gasteiger charge is -2.35. The monoisotopic (exact) mass is 191 g/mol. The molecule has 1 saturated carbocycles. The van der Waals surface area contributed by atoms with Crippen molar-refractivity contribution in [2.75, 3.05) is 12.4 Å². The second-order valence-corrected chi connectivity index (χ2v) is 4.01. The lowest BCUT2D eigenvalue weighted by Crippen LogP contribution is -2.36. The van der Waals surface area contributed by atoms with E-state index in [4.69, 9.17) is 4.74 Å². The number of para-hydroxylation sites is 2. The van der Waals surface area contributed by atoms with Crippen LogP contribution in [0.2, 0.25) is 0 Å². The number of anilines is 1. The number of rotatable bonds is 3. The number of benzene rings is 1. The Labute approximate surface area is 85.3 Å². The summed E-state index contributed by atoms with van der Waals surface area (Å²) in [6.45, 7) is 2.29. The van der Waals surface area contributed by atoms with Gasteiger partial charge in [-0.25, -0.2) is 0 Å². The van der Waals surface area contributed by atoms with Crippen molar-refractivity contribution >= 4 is 5.69 Å². The number of hydrogen-bond donors (Lipinski definition) is 1. The Bertz CT molecular complexity index is 311. The number of methoxy groups -OCH3 is 1. The van der Waals surface area contributed by atoms with Crippen LogP contribution in [-0.2, 0) is 0 Å². The van der Waals surface area contributed by atoms with Gasteiger partial charge in [-0.05, 0) is 30.9 Å². The second-order valence-electron chi connectivity index (χ2n) is 4.01. The first-order valence-corrected chi connectivity index (χ1v) is 5.21. The summed E-state index contributed by atoms with van der Waals surface area (Å²) in [5.41, 5.74) is 1.12. The van der Waals surface area contributed by atoms with Crippen LogP contribution in [0.3, 0.4) is 0 Å². The Morgan fingerprint density at radius 3 is 2.64 bits per heavy atom. The molecule has 0 spiro atoms. The molecule has 0 aromatic heterocycles. The van der Waals surface area contributed by atoms with Crippen LogP contribution in [0.1, 0.15) is 19.8 Å². The summed E-state index contributed by atoms with van der Waals surface area (Å²) in [7, 11) is 1.71. The maximum atomic E-state index is 5.29. The van der Waals surface area contributed by atoms with Gasteiger partial charge < -0.3 is 10.1 Å². The fourth-order valence-corrected chi connectivity index (χ4v) is 1.84. The first kappa shape index (κ1) is 9.38. The van der Waals surface area contributed by atoms with Gasteiger partial charge in [-0.2, -0.15) is 0 Å². The van der Waals surface area contributed by atoms with E-state index in [1.54, 1.807) is 7.11 Å². The third-order valence-electron chi connectivity index (χ3n) is 3.07. The predicted molar refractivity (Wildman–Crippen MR) is 58.8 cm³/mol. The van der Waals surface area contributed by atoms with Crippen LogP contribution in [-0.4, -0.2) is 13.2 Å². The van der Waals surface area contributed by atoms with E-state index in [1.165, 1.54) is 12.8 Å². The average Bonchev–Trinajstić information content (AvgIpc) is 2.24. The highest BCUT2D eigenvalue weighted by atomic mass is 16.5. The smallest absolute Gasteiger partial charge is 0.141 e. The summed E-state index contributed by atoms with van der Waals surface area (Å²) in [6.07, 6.45) is 2.62. The van der Waals surface area contributed by atoms with Gasteiger partial charge in [-0.3, -0.25) is 0 Å². The normalized spacial score (nSPS) is 25.3.